The highest BCUT2D eigenvalue weighted by atomic mass is 16.7. The van der Waals surface area contributed by atoms with Crippen LogP contribution < -0.4 is 5.46 Å². The van der Waals surface area contributed by atoms with Gasteiger partial charge in [0.25, 0.3) is 0 Å². The highest BCUT2D eigenvalue weighted by molar-refractivity contribution is 6.65. The normalized spacial score (nSPS) is 24.2. The van der Waals surface area contributed by atoms with E-state index in [0.717, 1.165) is 35.8 Å². The van der Waals surface area contributed by atoms with Crippen LogP contribution in [-0.4, -0.2) is 29.1 Å². The summed E-state index contributed by atoms with van der Waals surface area (Å²) in [7, 11) is -0.439. The van der Waals surface area contributed by atoms with Crippen LogP contribution >= 0.6 is 0 Å². The zero-order chi connectivity index (χ0) is 16.0. The summed E-state index contributed by atoms with van der Waals surface area (Å²) in [6.07, 6.45) is 5.20. The van der Waals surface area contributed by atoms with Crippen molar-refractivity contribution >= 4 is 23.5 Å². The molecule has 1 aromatic heterocycles. The maximum atomic E-state index is 6.02. The topological polar surface area (TPSA) is 45.5 Å². The van der Waals surface area contributed by atoms with Crippen LogP contribution in [-0.2, 0) is 14.0 Å². The summed E-state index contributed by atoms with van der Waals surface area (Å²) in [5.74, 6) is 0.655. The Balaban J connectivity index is 1.72. The molecule has 3 heterocycles. The van der Waals surface area contributed by atoms with Gasteiger partial charge < -0.3 is 14.0 Å². The lowest BCUT2D eigenvalue weighted by molar-refractivity contribution is -0.0366. The number of fused-ring (bicyclic) bond motifs is 1. The van der Waals surface area contributed by atoms with Crippen LogP contribution in [0, 0.1) is 0 Å². The molecule has 2 aromatic rings. The van der Waals surface area contributed by atoms with Crippen LogP contribution in [0.1, 0.15) is 39.3 Å². The molecule has 0 aliphatic carbocycles. The Kier molecular flexibility index (Phi) is 3.46. The van der Waals surface area contributed by atoms with Crippen molar-refractivity contribution in [1.29, 1.82) is 0 Å². The maximum Gasteiger partial charge on any atom is 0.564 e. The van der Waals surface area contributed by atoms with Gasteiger partial charge in [-0.3, -0.25) is 0 Å². The first-order chi connectivity index (χ1) is 11.1. The van der Waals surface area contributed by atoms with Crippen molar-refractivity contribution in [1.82, 2.24) is 9.78 Å². The molecule has 0 amide bonds. The van der Waals surface area contributed by atoms with Gasteiger partial charge in [0.2, 0.25) is 0 Å². The Hall–Kier alpha value is -1.79. The predicted octanol–water partition coefficient (Wildman–Crippen LogP) is 2.77. The molecule has 2 fully saturated rings. The van der Waals surface area contributed by atoms with Crippen molar-refractivity contribution in [2.45, 2.75) is 44.9 Å². The van der Waals surface area contributed by atoms with Gasteiger partial charge in [-0.2, -0.15) is 5.10 Å². The van der Waals surface area contributed by atoms with Crippen LogP contribution in [0.2, 0.25) is 0 Å². The quantitative estimate of drug-likeness (QED) is 0.800. The zero-order valence-corrected chi connectivity index (χ0v) is 13.6. The predicted molar refractivity (Wildman–Crippen MR) is 89.4 cm³/mol. The first-order valence-electron chi connectivity index (χ1n) is 8.18. The van der Waals surface area contributed by atoms with Crippen LogP contribution in [0.5, 0.6) is 0 Å². The van der Waals surface area contributed by atoms with Crippen molar-refractivity contribution in [3.8, 4) is 0 Å². The van der Waals surface area contributed by atoms with E-state index < -0.39 is 12.7 Å². The summed E-state index contributed by atoms with van der Waals surface area (Å²) in [5, 5.41) is 5.60. The average molecular weight is 312 g/mol. The van der Waals surface area contributed by atoms with Gasteiger partial charge in [-0.15, -0.1) is 0 Å². The molecule has 1 unspecified atom stereocenters. The third kappa shape index (κ3) is 2.46. The summed E-state index contributed by atoms with van der Waals surface area (Å²) in [4.78, 5) is 0. The highest BCUT2D eigenvalue weighted by Gasteiger charge is 2.43. The summed E-state index contributed by atoms with van der Waals surface area (Å²) >= 11 is 0. The fraction of sp³-hybridized carbons (Fsp3) is 0.471. The van der Waals surface area contributed by atoms with E-state index in [2.05, 4.69) is 17.7 Å². The molecular weight excluding hydrogens is 291 g/mol. The zero-order valence-electron chi connectivity index (χ0n) is 13.6. The van der Waals surface area contributed by atoms with E-state index in [1.54, 1.807) is 0 Å². The number of aromatic nitrogens is 2. The van der Waals surface area contributed by atoms with Crippen LogP contribution in [0.3, 0.4) is 0 Å². The molecule has 0 N–H and O–H groups in total. The number of benzene rings is 1. The molecule has 2 saturated heterocycles. The molecule has 0 spiro atoms. The van der Waals surface area contributed by atoms with E-state index in [9.17, 15) is 0 Å². The molecule has 4 rings (SSSR count). The molecule has 23 heavy (non-hydrogen) atoms. The van der Waals surface area contributed by atoms with Gasteiger partial charge in [0.15, 0.2) is 6.23 Å². The molecular formula is C17H21BN2O3. The lowest BCUT2D eigenvalue weighted by atomic mass is 9.77. The van der Waals surface area contributed by atoms with Crippen molar-refractivity contribution in [3.63, 3.8) is 0 Å². The summed E-state index contributed by atoms with van der Waals surface area (Å²) in [5.41, 5.74) is 1.56. The third-order valence-electron chi connectivity index (χ3n) is 4.68. The van der Waals surface area contributed by atoms with E-state index in [0.29, 0.717) is 5.76 Å². The van der Waals surface area contributed by atoms with Gasteiger partial charge >= 0.3 is 7.12 Å². The molecule has 0 saturated carbocycles. The van der Waals surface area contributed by atoms with Gasteiger partial charge in [0, 0.05) is 17.5 Å². The van der Waals surface area contributed by atoms with Crippen LogP contribution in [0.4, 0.5) is 0 Å². The van der Waals surface area contributed by atoms with Crippen molar-refractivity contribution in [2.75, 3.05) is 6.61 Å². The van der Waals surface area contributed by atoms with Gasteiger partial charge in [0.05, 0.1) is 17.5 Å². The molecule has 2 aliphatic rings. The van der Waals surface area contributed by atoms with E-state index >= 15 is 0 Å². The Labute approximate surface area is 136 Å². The first kappa shape index (κ1) is 14.8. The first-order valence-corrected chi connectivity index (χ1v) is 8.18. The molecule has 120 valence electrons. The largest absolute Gasteiger partial charge is 0.564 e. The standard InChI is InChI=1S/C17H21BN2O3/c1-12-17(2,3)23-18(22-12)14-7-6-8-15-13(14)11-19-20(15)16-9-4-5-10-21-16/h6-8,11,16H,1,4-5,9-10H2,2-3H3. The SMILES string of the molecule is C=C1OB(c2cccc3c2cnn3C2CCCCO2)OC1(C)C. The van der Waals surface area contributed by atoms with E-state index in [4.69, 9.17) is 14.0 Å². The van der Waals surface area contributed by atoms with Gasteiger partial charge in [-0.1, -0.05) is 18.7 Å². The Morgan fingerprint density at radius 3 is 2.91 bits per heavy atom. The number of hydrogen-bond donors (Lipinski definition) is 0. The molecule has 1 atom stereocenters. The Morgan fingerprint density at radius 1 is 1.35 bits per heavy atom. The summed E-state index contributed by atoms with van der Waals surface area (Å²) in [6.45, 7) is 8.69. The van der Waals surface area contributed by atoms with Crippen molar-refractivity contribution in [3.05, 3.63) is 36.7 Å². The fourth-order valence-electron chi connectivity index (χ4n) is 3.20. The minimum atomic E-state index is -0.477. The molecule has 0 radical (unpaired) electrons. The smallest absolute Gasteiger partial charge is 0.534 e. The maximum absolute atomic E-state index is 6.02. The molecule has 5 nitrogen and oxygen atoms in total. The highest BCUT2D eigenvalue weighted by Crippen LogP contribution is 2.31. The molecule has 6 heteroatoms. The fourth-order valence-corrected chi connectivity index (χ4v) is 3.20. The average Bonchev–Trinajstić information content (AvgIpc) is 3.09. The number of hydrogen-bond acceptors (Lipinski definition) is 4. The third-order valence-corrected chi connectivity index (χ3v) is 4.68. The number of ether oxygens (including phenoxy) is 1. The lowest BCUT2D eigenvalue weighted by Gasteiger charge is -2.23. The summed E-state index contributed by atoms with van der Waals surface area (Å²) < 4.78 is 19.7. The Morgan fingerprint density at radius 2 is 2.22 bits per heavy atom. The van der Waals surface area contributed by atoms with Crippen molar-refractivity contribution in [2.24, 2.45) is 0 Å². The van der Waals surface area contributed by atoms with Gasteiger partial charge in [0.1, 0.15) is 5.60 Å². The minimum Gasteiger partial charge on any atom is -0.534 e. The molecule has 1 aromatic carbocycles. The minimum absolute atomic E-state index is 0.0216. The van der Waals surface area contributed by atoms with E-state index in [1.807, 2.05) is 36.9 Å². The second kappa shape index (κ2) is 5.39. The van der Waals surface area contributed by atoms with E-state index in [1.165, 1.54) is 6.42 Å². The second-order valence-electron chi connectivity index (χ2n) is 6.69. The summed E-state index contributed by atoms with van der Waals surface area (Å²) in [6, 6.07) is 6.10. The van der Waals surface area contributed by atoms with Gasteiger partial charge in [-0.05, 0) is 39.2 Å². The molecule has 0 bridgehead atoms. The van der Waals surface area contributed by atoms with E-state index in [-0.39, 0.29) is 6.23 Å². The second-order valence-corrected chi connectivity index (χ2v) is 6.69. The number of rotatable bonds is 2. The van der Waals surface area contributed by atoms with Crippen LogP contribution in [0.15, 0.2) is 36.7 Å². The van der Waals surface area contributed by atoms with Crippen molar-refractivity contribution < 1.29 is 14.0 Å². The Bertz CT molecular complexity index is 749. The monoisotopic (exact) mass is 312 g/mol. The lowest BCUT2D eigenvalue weighted by Crippen LogP contribution is -2.34. The molecule has 2 aliphatic heterocycles. The van der Waals surface area contributed by atoms with Gasteiger partial charge in [-0.25, -0.2) is 4.68 Å². The number of nitrogens with zero attached hydrogens (tertiary/aromatic N) is 2. The van der Waals surface area contributed by atoms with Crippen LogP contribution in [0.25, 0.3) is 10.9 Å².